The van der Waals surface area contributed by atoms with E-state index < -0.39 is 0 Å². The van der Waals surface area contributed by atoms with Crippen molar-refractivity contribution < 1.29 is 4.74 Å². The molecule has 3 heteroatoms. The van der Waals surface area contributed by atoms with Crippen LogP contribution in [-0.4, -0.2) is 26.3 Å². The van der Waals surface area contributed by atoms with Gasteiger partial charge in [-0.05, 0) is 19.9 Å². The van der Waals surface area contributed by atoms with Gasteiger partial charge in [-0.3, -0.25) is 0 Å². The quantitative estimate of drug-likeness (QED) is 0.569. The van der Waals surface area contributed by atoms with E-state index in [-0.39, 0.29) is 6.04 Å². The number of ether oxygens (including phenoxy) is 1. The van der Waals surface area contributed by atoms with Gasteiger partial charge in [0.1, 0.15) is 0 Å². The Morgan fingerprint density at radius 3 is 2.90 bits per heavy atom. The van der Waals surface area contributed by atoms with Crippen LogP contribution in [0.3, 0.4) is 0 Å². The number of rotatable bonds is 5. The standard InChI is InChI=1S/C7H14N2O/c1-7(6-8)9-4-3-5-10-2/h7,9H,3-5H2,1-2H3. The van der Waals surface area contributed by atoms with Crippen LogP contribution in [0.15, 0.2) is 0 Å². The minimum Gasteiger partial charge on any atom is -0.385 e. The first kappa shape index (κ1) is 9.41. The maximum atomic E-state index is 8.35. The number of nitrogens with zero attached hydrogens (tertiary/aromatic N) is 1. The van der Waals surface area contributed by atoms with Crippen LogP contribution in [0.4, 0.5) is 0 Å². The van der Waals surface area contributed by atoms with Crippen molar-refractivity contribution >= 4 is 0 Å². The predicted molar refractivity (Wildman–Crippen MR) is 39.6 cm³/mol. The summed E-state index contributed by atoms with van der Waals surface area (Å²) in [5.74, 6) is 0. The Morgan fingerprint density at radius 2 is 2.40 bits per heavy atom. The molecule has 3 nitrogen and oxygen atoms in total. The number of hydrogen-bond donors (Lipinski definition) is 1. The summed E-state index contributed by atoms with van der Waals surface area (Å²) in [5.41, 5.74) is 0. The summed E-state index contributed by atoms with van der Waals surface area (Å²) in [5, 5.41) is 11.4. The van der Waals surface area contributed by atoms with Gasteiger partial charge < -0.3 is 10.1 Å². The van der Waals surface area contributed by atoms with Crippen LogP contribution < -0.4 is 5.32 Å². The Kier molecular flexibility index (Phi) is 6.14. The molecule has 1 unspecified atom stereocenters. The number of hydrogen-bond acceptors (Lipinski definition) is 3. The zero-order valence-electron chi connectivity index (χ0n) is 6.55. The Morgan fingerprint density at radius 1 is 1.70 bits per heavy atom. The molecule has 10 heavy (non-hydrogen) atoms. The van der Waals surface area contributed by atoms with Gasteiger partial charge in [0.05, 0.1) is 12.1 Å². The number of nitrogens with one attached hydrogen (secondary N) is 1. The maximum Gasteiger partial charge on any atom is 0.0924 e. The fourth-order valence-electron chi connectivity index (χ4n) is 0.581. The molecule has 0 aromatic rings. The average Bonchev–Trinajstić information content (AvgIpc) is 1.98. The van der Waals surface area contributed by atoms with Crippen LogP contribution in [0.5, 0.6) is 0 Å². The normalized spacial score (nSPS) is 12.5. The first-order valence-electron chi connectivity index (χ1n) is 3.43. The molecule has 0 aromatic carbocycles. The third-order valence-electron chi connectivity index (χ3n) is 1.17. The van der Waals surface area contributed by atoms with Crippen molar-refractivity contribution in [2.24, 2.45) is 0 Å². The highest BCUT2D eigenvalue weighted by Crippen LogP contribution is 1.80. The summed E-state index contributed by atoms with van der Waals surface area (Å²) in [6, 6.07) is 2.05. The van der Waals surface area contributed by atoms with Gasteiger partial charge in [0.25, 0.3) is 0 Å². The van der Waals surface area contributed by atoms with E-state index in [9.17, 15) is 0 Å². The van der Waals surface area contributed by atoms with Crippen LogP contribution in [-0.2, 0) is 4.74 Å². The molecule has 0 spiro atoms. The van der Waals surface area contributed by atoms with Crippen molar-refractivity contribution in [1.29, 1.82) is 5.26 Å². The summed E-state index contributed by atoms with van der Waals surface area (Å²) >= 11 is 0. The van der Waals surface area contributed by atoms with Crippen LogP contribution in [0, 0.1) is 11.3 Å². The SMILES string of the molecule is COCCCNC(C)C#N. The van der Waals surface area contributed by atoms with E-state index in [0.29, 0.717) is 0 Å². The second-order valence-corrected chi connectivity index (χ2v) is 2.15. The first-order chi connectivity index (χ1) is 4.81. The van der Waals surface area contributed by atoms with Gasteiger partial charge in [-0.25, -0.2) is 0 Å². The van der Waals surface area contributed by atoms with Crippen molar-refractivity contribution in [2.45, 2.75) is 19.4 Å². The molecule has 58 valence electrons. The van der Waals surface area contributed by atoms with Crippen LogP contribution in [0.1, 0.15) is 13.3 Å². The molecule has 0 rings (SSSR count). The molecule has 0 aliphatic heterocycles. The van der Waals surface area contributed by atoms with Gasteiger partial charge in [0.15, 0.2) is 0 Å². The highest BCUT2D eigenvalue weighted by molar-refractivity contribution is 4.84. The van der Waals surface area contributed by atoms with E-state index >= 15 is 0 Å². The van der Waals surface area contributed by atoms with Gasteiger partial charge in [-0.1, -0.05) is 0 Å². The highest BCUT2D eigenvalue weighted by atomic mass is 16.5. The maximum absolute atomic E-state index is 8.35. The van der Waals surface area contributed by atoms with Gasteiger partial charge in [0.2, 0.25) is 0 Å². The van der Waals surface area contributed by atoms with E-state index in [1.165, 1.54) is 0 Å². The minimum atomic E-state index is -0.0446. The molecule has 0 fully saturated rings. The lowest BCUT2D eigenvalue weighted by molar-refractivity contribution is 0.194. The average molecular weight is 142 g/mol. The number of methoxy groups -OCH3 is 1. The molecule has 0 aliphatic carbocycles. The van der Waals surface area contributed by atoms with Crippen LogP contribution in [0.25, 0.3) is 0 Å². The summed E-state index contributed by atoms with van der Waals surface area (Å²) in [4.78, 5) is 0. The number of nitriles is 1. The molecule has 1 atom stereocenters. The van der Waals surface area contributed by atoms with Crippen molar-refractivity contribution in [3.8, 4) is 6.07 Å². The predicted octanol–water partition coefficient (Wildman–Crippen LogP) is 0.525. The fraction of sp³-hybridized carbons (Fsp3) is 0.857. The second-order valence-electron chi connectivity index (χ2n) is 2.15. The third kappa shape index (κ3) is 5.54. The molecule has 0 aliphatic rings. The Hall–Kier alpha value is -0.590. The molecule has 0 saturated carbocycles. The van der Waals surface area contributed by atoms with E-state index in [2.05, 4.69) is 11.4 Å². The molecule has 0 saturated heterocycles. The second kappa shape index (κ2) is 6.53. The van der Waals surface area contributed by atoms with Crippen LogP contribution in [0.2, 0.25) is 0 Å². The zero-order chi connectivity index (χ0) is 7.82. The smallest absolute Gasteiger partial charge is 0.0924 e. The lowest BCUT2D eigenvalue weighted by atomic mass is 10.3. The molecule has 0 heterocycles. The van der Waals surface area contributed by atoms with Crippen molar-refractivity contribution in [1.82, 2.24) is 5.32 Å². The summed E-state index contributed by atoms with van der Waals surface area (Å²) < 4.78 is 4.83. The molecular formula is C7H14N2O. The summed E-state index contributed by atoms with van der Waals surface area (Å²) in [6.45, 7) is 3.44. The molecule has 0 radical (unpaired) electrons. The largest absolute Gasteiger partial charge is 0.385 e. The molecule has 0 bridgehead atoms. The zero-order valence-corrected chi connectivity index (χ0v) is 6.55. The van der Waals surface area contributed by atoms with E-state index in [0.717, 1.165) is 19.6 Å². The van der Waals surface area contributed by atoms with Gasteiger partial charge in [-0.2, -0.15) is 5.26 Å². The Balaban J connectivity index is 2.98. The summed E-state index contributed by atoms with van der Waals surface area (Å²) in [6.07, 6.45) is 0.961. The lowest BCUT2D eigenvalue weighted by Crippen LogP contribution is -2.25. The fourth-order valence-corrected chi connectivity index (χ4v) is 0.581. The van der Waals surface area contributed by atoms with Crippen molar-refractivity contribution in [2.75, 3.05) is 20.3 Å². The summed E-state index contributed by atoms with van der Waals surface area (Å²) in [7, 11) is 1.67. The molecule has 1 N–H and O–H groups in total. The monoisotopic (exact) mass is 142 g/mol. The topological polar surface area (TPSA) is 45.0 Å². The molecule has 0 aromatic heterocycles. The molecule has 0 amide bonds. The minimum absolute atomic E-state index is 0.0446. The third-order valence-corrected chi connectivity index (χ3v) is 1.17. The van der Waals surface area contributed by atoms with Gasteiger partial charge in [0, 0.05) is 13.7 Å². The van der Waals surface area contributed by atoms with Gasteiger partial charge in [-0.15, -0.1) is 0 Å². The van der Waals surface area contributed by atoms with Gasteiger partial charge >= 0.3 is 0 Å². The molecular weight excluding hydrogens is 128 g/mol. The van der Waals surface area contributed by atoms with Crippen molar-refractivity contribution in [3.63, 3.8) is 0 Å². The first-order valence-corrected chi connectivity index (χ1v) is 3.43. The van der Waals surface area contributed by atoms with E-state index in [4.69, 9.17) is 10.00 Å². The highest BCUT2D eigenvalue weighted by Gasteiger charge is 1.94. The Bertz CT molecular complexity index is 109. The Labute approximate surface area is 62.0 Å². The van der Waals surface area contributed by atoms with E-state index in [1.54, 1.807) is 7.11 Å². The van der Waals surface area contributed by atoms with E-state index in [1.807, 2.05) is 6.92 Å². The van der Waals surface area contributed by atoms with Crippen LogP contribution >= 0.6 is 0 Å². The van der Waals surface area contributed by atoms with Crippen molar-refractivity contribution in [3.05, 3.63) is 0 Å². The lowest BCUT2D eigenvalue weighted by Gasteiger charge is -2.03.